The molecule has 2 aromatic rings. The number of rotatable bonds is 7. The summed E-state index contributed by atoms with van der Waals surface area (Å²) in [5.41, 5.74) is 2.79. The molecule has 24 heavy (non-hydrogen) atoms. The van der Waals surface area contributed by atoms with Crippen molar-refractivity contribution in [2.24, 2.45) is 5.92 Å². The van der Waals surface area contributed by atoms with Gasteiger partial charge in [0.15, 0.2) is 0 Å². The van der Waals surface area contributed by atoms with Crippen molar-refractivity contribution in [2.45, 2.75) is 26.7 Å². The Morgan fingerprint density at radius 2 is 2.08 bits per heavy atom. The van der Waals surface area contributed by atoms with E-state index in [2.05, 4.69) is 15.6 Å². The lowest BCUT2D eigenvalue weighted by Crippen LogP contribution is -2.29. The molecule has 0 spiro atoms. The maximum Gasteiger partial charge on any atom is 0.243 e. The SMILES string of the molecule is Cc1cccc(Oc2ncccc2NC(=O)CNCC2CC2)c1C. The van der Waals surface area contributed by atoms with E-state index in [1.165, 1.54) is 12.8 Å². The molecule has 0 aliphatic heterocycles. The lowest BCUT2D eigenvalue weighted by Gasteiger charge is -2.13. The summed E-state index contributed by atoms with van der Waals surface area (Å²) in [6.45, 7) is 5.25. The van der Waals surface area contributed by atoms with Gasteiger partial charge in [0.25, 0.3) is 0 Å². The minimum absolute atomic E-state index is 0.0885. The van der Waals surface area contributed by atoms with Crippen LogP contribution in [0.4, 0.5) is 5.69 Å². The zero-order valence-corrected chi connectivity index (χ0v) is 14.1. The first kappa shape index (κ1) is 16.5. The van der Waals surface area contributed by atoms with E-state index < -0.39 is 0 Å². The quantitative estimate of drug-likeness (QED) is 0.818. The van der Waals surface area contributed by atoms with Crippen LogP contribution < -0.4 is 15.4 Å². The molecule has 3 rings (SSSR count). The van der Waals surface area contributed by atoms with Crippen molar-refractivity contribution >= 4 is 11.6 Å². The van der Waals surface area contributed by atoms with Crippen LogP contribution in [0, 0.1) is 19.8 Å². The number of benzene rings is 1. The fourth-order valence-corrected chi connectivity index (χ4v) is 2.41. The van der Waals surface area contributed by atoms with E-state index in [-0.39, 0.29) is 5.91 Å². The minimum atomic E-state index is -0.0885. The van der Waals surface area contributed by atoms with E-state index in [1.807, 2.05) is 32.0 Å². The van der Waals surface area contributed by atoms with Crippen molar-refractivity contribution in [3.05, 3.63) is 47.7 Å². The predicted octanol–water partition coefficient (Wildman–Crippen LogP) is 3.43. The first-order chi connectivity index (χ1) is 11.6. The molecule has 0 radical (unpaired) electrons. The van der Waals surface area contributed by atoms with Crippen molar-refractivity contribution in [3.8, 4) is 11.6 Å². The molecule has 1 aromatic carbocycles. The van der Waals surface area contributed by atoms with Crippen LogP contribution in [-0.2, 0) is 4.79 Å². The first-order valence-corrected chi connectivity index (χ1v) is 8.33. The highest BCUT2D eigenvalue weighted by Gasteiger charge is 2.20. The van der Waals surface area contributed by atoms with Gasteiger partial charge in [0.1, 0.15) is 11.4 Å². The number of carbonyl (C=O) groups excluding carboxylic acids is 1. The van der Waals surface area contributed by atoms with Gasteiger partial charge in [-0.1, -0.05) is 12.1 Å². The number of carbonyl (C=O) groups is 1. The zero-order chi connectivity index (χ0) is 16.9. The van der Waals surface area contributed by atoms with Crippen LogP contribution in [0.1, 0.15) is 24.0 Å². The second-order valence-electron chi connectivity index (χ2n) is 6.28. The number of aryl methyl sites for hydroxylation is 1. The number of ether oxygens (including phenoxy) is 1. The van der Waals surface area contributed by atoms with E-state index in [0.29, 0.717) is 18.1 Å². The lowest BCUT2D eigenvalue weighted by molar-refractivity contribution is -0.115. The van der Waals surface area contributed by atoms with Crippen molar-refractivity contribution in [3.63, 3.8) is 0 Å². The number of amides is 1. The van der Waals surface area contributed by atoms with Crippen LogP contribution >= 0.6 is 0 Å². The van der Waals surface area contributed by atoms with Crippen molar-refractivity contribution in [1.29, 1.82) is 0 Å². The van der Waals surface area contributed by atoms with Gasteiger partial charge in [-0.3, -0.25) is 4.79 Å². The smallest absolute Gasteiger partial charge is 0.243 e. The fourth-order valence-electron chi connectivity index (χ4n) is 2.41. The minimum Gasteiger partial charge on any atom is -0.437 e. The number of aromatic nitrogens is 1. The Kier molecular flexibility index (Phi) is 5.11. The van der Waals surface area contributed by atoms with E-state index in [0.717, 1.165) is 29.3 Å². The highest BCUT2D eigenvalue weighted by Crippen LogP contribution is 2.30. The van der Waals surface area contributed by atoms with Gasteiger partial charge < -0.3 is 15.4 Å². The van der Waals surface area contributed by atoms with Gasteiger partial charge in [-0.05, 0) is 68.5 Å². The fraction of sp³-hybridized carbons (Fsp3) is 0.368. The second kappa shape index (κ2) is 7.45. The Balaban J connectivity index is 1.65. The second-order valence-corrected chi connectivity index (χ2v) is 6.28. The Labute approximate surface area is 142 Å². The molecule has 0 atom stereocenters. The summed E-state index contributed by atoms with van der Waals surface area (Å²) in [4.78, 5) is 16.3. The van der Waals surface area contributed by atoms with E-state index >= 15 is 0 Å². The van der Waals surface area contributed by atoms with Crippen LogP contribution in [-0.4, -0.2) is 24.0 Å². The molecule has 5 heteroatoms. The highest BCUT2D eigenvalue weighted by atomic mass is 16.5. The normalized spacial score (nSPS) is 13.6. The summed E-state index contributed by atoms with van der Waals surface area (Å²) >= 11 is 0. The molecule has 1 saturated carbocycles. The van der Waals surface area contributed by atoms with Crippen LogP contribution in [0.15, 0.2) is 36.5 Å². The van der Waals surface area contributed by atoms with Crippen molar-refractivity contribution in [2.75, 3.05) is 18.4 Å². The van der Waals surface area contributed by atoms with Gasteiger partial charge in [-0.25, -0.2) is 4.98 Å². The number of pyridine rings is 1. The molecule has 1 fully saturated rings. The monoisotopic (exact) mass is 325 g/mol. The molecule has 1 amide bonds. The number of hydrogen-bond acceptors (Lipinski definition) is 4. The molecule has 126 valence electrons. The van der Waals surface area contributed by atoms with Gasteiger partial charge in [0.05, 0.1) is 6.54 Å². The summed E-state index contributed by atoms with van der Waals surface area (Å²) < 4.78 is 5.93. The third kappa shape index (κ3) is 4.32. The maximum absolute atomic E-state index is 12.1. The zero-order valence-electron chi connectivity index (χ0n) is 14.1. The summed E-state index contributed by atoms with van der Waals surface area (Å²) in [7, 11) is 0. The van der Waals surface area contributed by atoms with E-state index in [4.69, 9.17) is 4.74 Å². The lowest BCUT2D eigenvalue weighted by atomic mass is 10.1. The van der Waals surface area contributed by atoms with Crippen LogP contribution in [0.5, 0.6) is 11.6 Å². The number of hydrogen-bond donors (Lipinski definition) is 2. The molecule has 0 saturated heterocycles. The number of nitrogens with one attached hydrogen (secondary N) is 2. The van der Waals surface area contributed by atoms with Gasteiger partial charge >= 0.3 is 0 Å². The molecule has 2 N–H and O–H groups in total. The molecule has 1 heterocycles. The molecule has 1 aliphatic carbocycles. The first-order valence-electron chi connectivity index (χ1n) is 8.33. The Morgan fingerprint density at radius 1 is 1.25 bits per heavy atom. The number of nitrogens with zero attached hydrogens (tertiary/aromatic N) is 1. The van der Waals surface area contributed by atoms with Gasteiger partial charge in [-0.15, -0.1) is 0 Å². The molecule has 1 aromatic heterocycles. The predicted molar refractivity (Wildman–Crippen MR) is 94.5 cm³/mol. The Hall–Kier alpha value is -2.40. The van der Waals surface area contributed by atoms with Crippen LogP contribution in [0.2, 0.25) is 0 Å². The van der Waals surface area contributed by atoms with E-state index in [9.17, 15) is 4.79 Å². The van der Waals surface area contributed by atoms with Gasteiger partial charge in [-0.2, -0.15) is 0 Å². The highest BCUT2D eigenvalue weighted by molar-refractivity contribution is 5.93. The average molecular weight is 325 g/mol. The maximum atomic E-state index is 12.1. The van der Waals surface area contributed by atoms with Crippen molar-refractivity contribution in [1.82, 2.24) is 10.3 Å². The third-order valence-electron chi connectivity index (χ3n) is 4.22. The topological polar surface area (TPSA) is 63.2 Å². The molecule has 0 bridgehead atoms. The van der Waals surface area contributed by atoms with Crippen molar-refractivity contribution < 1.29 is 9.53 Å². The summed E-state index contributed by atoms with van der Waals surface area (Å²) in [6.07, 6.45) is 4.19. The summed E-state index contributed by atoms with van der Waals surface area (Å²) in [5, 5.41) is 6.05. The molecular weight excluding hydrogens is 302 g/mol. The molecule has 5 nitrogen and oxygen atoms in total. The summed E-state index contributed by atoms with van der Waals surface area (Å²) in [5.74, 6) is 1.81. The van der Waals surface area contributed by atoms with Gasteiger partial charge in [0, 0.05) is 6.20 Å². The standard InChI is InChI=1S/C19H23N3O2/c1-13-5-3-7-17(14(13)2)24-19-16(6-4-10-21-19)22-18(23)12-20-11-15-8-9-15/h3-7,10,15,20H,8-9,11-12H2,1-2H3,(H,22,23). The average Bonchev–Trinajstić information content (AvgIpc) is 3.38. The molecule has 1 aliphatic rings. The Bertz CT molecular complexity index is 726. The largest absolute Gasteiger partial charge is 0.437 e. The molecule has 0 unspecified atom stereocenters. The number of anilines is 1. The van der Waals surface area contributed by atoms with Crippen LogP contribution in [0.25, 0.3) is 0 Å². The third-order valence-corrected chi connectivity index (χ3v) is 4.22. The van der Waals surface area contributed by atoms with Gasteiger partial charge in [0.2, 0.25) is 11.8 Å². The Morgan fingerprint density at radius 3 is 2.88 bits per heavy atom. The molecular formula is C19H23N3O2. The van der Waals surface area contributed by atoms with E-state index in [1.54, 1.807) is 18.3 Å². The summed E-state index contributed by atoms with van der Waals surface area (Å²) in [6, 6.07) is 9.46. The van der Waals surface area contributed by atoms with Crippen LogP contribution in [0.3, 0.4) is 0 Å².